The number of nitrogens with zero attached hydrogens (tertiary/aromatic N) is 2. The van der Waals surface area contributed by atoms with E-state index in [1.807, 2.05) is 12.1 Å². The van der Waals surface area contributed by atoms with Crippen molar-refractivity contribution in [2.24, 2.45) is 0 Å². The van der Waals surface area contributed by atoms with Gasteiger partial charge in [-0.05, 0) is 31.5 Å². The minimum atomic E-state index is -0.101. The topological polar surface area (TPSA) is 6.48 Å². The number of rotatable bonds is 3. The van der Waals surface area contributed by atoms with Crippen LogP contribution >= 0.6 is 0 Å². The Kier molecular flexibility index (Phi) is 4.44. The third-order valence-corrected chi connectivity index (χ3v) is 4.67. The fourth-order valence-electron chi connectivity index (χ4n) is 3.28. The van der Waals surface area contributed by atoms with Gasteiger partial charge in [-0.15, -0.1) is 0 Å². The third kappa shape index (κ3) is 3.00. The predicted octanol–water partition coefficient (Wildman–Crippen LogP) is 4.02. The zero-order chi connectivity index (χ0) is 15.5. The third-order valence-electron chi connectivity index (χ3n) is 4.67. The van der Waals surface area contributed by atoms with E-state index in [4.69, 9.17) is 0 Å². The van der Waals surface area contributed by atoms with E-state index in [0.29, 0.717) is 0 Å². The van der Waals surface area contributed by atoms with E-state index < -0.39 is 0 Å². The molecule has 1 atom stereocenters. The highest BCUT2D eigenvalue weighted by Gasteiger charge is 2.24. The van der Waals surface area contributed by atoms with Crippen molar-refractivity contribution in [3.8, 4) is 0 Å². The van der Waals surface area contributed by atoms with Crippen LogP contribution in [0, 0.1) is 12.7 Å². The van der Waals surface area contributed by atoms with Gasteiger partial charge in [0, 0.05) is 43.5 Å². The monoisotopic (exact) mass is 298 g/mol. The van der Waals surface area contributed by atoms with Gasteiger partial charge in [0.05, 0.1) is 0 Å². The summed E-state index contributed by atoms with van der Waals surface area (Å²) in [6, 6.07) is 15.8. The average Bonchev–Trinajstić information content (AvgIpc) is 2.55. The smallest absolute Gasteiger partial charge is 0.127 e. The standard InChI is InChI=1S/C19H23FN2/c1-15-7-3-6-10-19(15)22-13-11-21(12-14-22)16(2)17-8-4-5-9-18(17)20/h3-10,16H,11-14H2,1-2H3. The van der Waals surface area contributed by atoms with Gasteiger partial charge in [-0.2, -0.15) is 0 Å². The van der Waals surface area contributed by atoms with Crippen molar-refractivity contribution in [1.82, 2.24) is 4.90 Å². The van der Waals surface area contributed by atoms with E-state index in [9.17, 15) is 4.39 Å². The Balaban J connectivity index is 1.67. The largest absolute Gasteiger partial charge is 0.369 e. The lowest BCUT2D eigenvalue weighted by Crippen LogP contribution is -2.47. The molecule has 0 aromatic heterocycles. The van der Waals surface area contributed by atoms with Gasteiger partial charge < -0.3 is 4.90 Å². The summed E-state index contributed by atoms with van der Waals surface area (Å²) in [6.45, 7) is 8.16. The first kappa shape index (κ1) is 15.0. The van der Waals surface area contributed by atoms with Gasteiger partial charge in [0.2, 0.25) is 0 Å². The highest BCUT2D eigenvalue weighted by molar-refractivity contribution is 5.53. The maximum atomic E-state index is 14.0. The minimum Gasteiger partial charge on any atom is -0.369 e. The Bertz CT molecular complexity index is 633. The summed E-state index contributed by atoms with van der Waals surface area (Å²) in [6.07, 6.45) is 0. The van der Waals surface area contributed by atoms with Crippen LogP contribution in [0.5, 0.6) is 0 Å². The van der Waals surface area contributed by atoms with Gasteiger partial charge in [0.1, 0.15) is 5.82 Å². The highest BCUT2D eigenvalue weighted by atomic mass is 19.1. The Morgan fingerprint density at radius 3 is 2.23 bits per heavy atom. The molecule has 0 bridgehead atoms. The van der Waals surface area contributed by atoms with Crippen molar-refractivity contribution < 1.29 is 4.39 Å². The van der Waals surface area contributed by atoms with Crippen molar-refractivity contribution in [2.45, 2.75) is 19.9 Å². The maximum absolute atomic E-state index is 14.0. The van der Waals surface area contributed by atoms with Crippen molar-refractivity contribution in [3.63, 3.8) is 0 Å². The summed E-state index contributed by atoms with van der Waals surface area (Å²) in [4.78, 5) is 4.80. The van der Waals surface area contributed by atoms with Crippen molar-refractivity contribution in [3.05, 3.63) is 65.5 Å². The van der Waals surface area contributed by atoms with Crippen LogP contribution in [0.2, 0.25) is 0 Å². The van der Waals surface area contributed by atoms with Crippen LogP contribution in [0.3, 0.4) is 0 Å². The number of aryl methyl sites for hydroxylation is 1. The van der Waals surface area contributed by atoms with Crippen LogP contribution in [0.4, 0.5) is 10.1 Å². The SMILES string of the molecule is Cc1ccccc1N1CCN(C(C)c2ccccc2F)CC1. The number of benzene rings is 2. The summed E-state index contributed by atoms with van der Waals surface area (Å²) in [5, 5.41) is 0. The molecule has 2 nitrogen and oxygen atoms in total. The molecule has 3 rings (SSSR count). The summed E-state index contributed by atoms with van der Waals surface area (Å²) in [7, 11) is 0. The zero-order valence-electron chi connectivity index (χ0n) is 13.3. The number of hydrogen-bond acceptors (Lipinski definition) is 2. The van der Waals surface area contributed by atoms with Crippen LogP contribution in [0.15, 0.2) is 48.5 Å². The van der Waals surface area contributed by atoms with Crippen LogP contribution in [0.25, 0.3) is 0 Å². The molecule has 3 heteroatoms. The molecule has 1 heterocycles. The van der Waals surface area contributed by atoms with Crippen LogP contribution < -0.4 is 4.90 Å². The second-order valence-electron chi connectivity index (χ2n) is 6.01. The number of piperazine rings is 1. The van der Waals surface area contributed by atoms with Gasteiger partial charge in [0.15, 0.2) is 0 Å². The lowest BCUT2D eigenvalue weighted by molar-refractivity contribution is 0.195. The van der Waals surface area contributed by atoms with Crippen LogP contribution in [0.1, 0.15) is 24.1 Å². The number of para-hydroxylation sites is 1. The molecule has 116 valence electrons. The highest BCUT2D eigenvalue weighted by Crippen LogP contribution is 2.26. The first-order chi connectivity index (χ1) is 10.7. The Morgan fingerprint density at radius 1 is 0.909 bits per heavy atom. The van der Waals surface area contributed by atoms with E-state index in [2.05, 4.69) is 47.9 Å². The maximum Gasteiger partial charge on any atom is 0.127 e. The summed E-state index contributed by atoms with van der Waals surface area (Å²) in [5.41, 5.74) is 3.44. The van der Waals surface area contributed by atoms with Gasteiger partial charge in [-0.3, -0.25) is 4.90 Å². The molecule has 1 saturated heterocycles. The molecular formula is C19H23FN2. The van der Waals surface area contributed by atoms with E-state index in [0.717, 1.165) is 31.7 Å². The van der Waals surface area contributed by atoms with Crippen LogP contribution in [-0.2, 0) is 0 Å². The second kappa shape index (κ2) is 6.49. The number of halogens is 1. The first-order valence-corrected chi connectivity index (χ1v) is 7.96. The fraction of sp³-hybridized carbons (Fsp3) is 0.368. The summed E-state index contributed by atoms with van der Waals surface area (Å²) < 4.78 is 14.0. The minimum absolute atomic E-state index is 0.101. The quantitative estimate of drug-likeness (QED) is 0.844. The molecule has 1 fully saturated rings. The zero-order valence-corrected chi connectivity index (χ0v) is 13.3. The second-order valence-corrected chi connectivity index (χ2v) is 6.01. The van der Waals surface area contributed by atoms with Gasteiger partial charge in [-0.1, -0.05) is 36.4 Å². The Morgan fingerprint density at radius 2 is 1.55 bits per heavy atom. The number of hydrogen-bond donors (Lipinski definition) is 0. The molecule has 2 aromatic carbocycles. The van der Waals surface area contributed by atoms with Crippen molar-refractivity contribution >= 4 is 5.69 Å². The van der Waals surface area contributed by atoms with E-state index in [-0.39, 0.29) is 11.9 Å². The lowest BCUT2D eigenvalue weighted by Gasteiger charge is -2.39. The molecule has 0 saturated carbocycles. The van der Waals surface area contributed by atoms with Gasteiger partial charge in [-0.25, -0.2) is 4.39 Å². The predicted molar refractivity (Wildman–Crippen MR) is 89.8 cm³/mol. The molecule has 2 aromatic rings. The van der Waals surface area contributed by atoms with E-state index in [1.165, 1.54) is 11.3 Å². The van der Waals surface area contributed by atoms with Gasteiger partial charge in [0.25, 0.3) is 0 Å². The molecule has 0 N–H and O–H groups in total. The molecule has 1 aliphatic heterocycles. The van der Waals surface area contributed by atoms with Crippen molar-refractivity contribution in [2.75, 3.05) is 31.1 Å². The first-order valence-electron chi connectivity index (χ1n) is 7.96. The average molecular weight is 298 g/mol. The Hall–Kier alpha value is -1.87. The fourth-order valence-corrected chi connectivity index (χ4v) is 3.28. The molecule has 0 aliphatic carbocycles. The number of anilines is 1. The molecule has 0 spiro atoms. The van der Waals surface area contributed by atoms with E-state index >= 15 is 0 Å². The van der Waals surface area contributed by atoms with Crippen LogP contribution in [-0.4, -0.2) is 31.1 Å². The normalized spacial score (nSPS) is 17.5. The molecule has 22 heavy (non-hydrogen) atoms. The molecule has 1 aliphatic rings. The van der Waals surface area contributed by atoms with Crippen molar-refractivity contribution in [1.29, 1.82) is 0 Å². The molecule has 0 radical (unpaired) electrons. The summed E-state index contributed by atoms with van der Waals surface area (Å²) >= 11 is 0. The summed E-state index contributed by atoms with van der Waals surface area (Å²) in [5.74, 6) is -0.101. The molecular weight excluding hydrogens is 275 g/mol. The molecule has 0 amide bonds. The Labute approximate surface area is 132 Å². The van der Waals surface area contributed by atoms with Gasteiger partial charge >= 0.3 is 0 Å². The lowest BCUT2D eigenvalue weighted by atomic mass is 10.0. The van der Waals surface area contributed by atoms with E-state index in [1.54, 1.807) is 12.1 Å². The molecule has 1 unspecified atom stereocenters.